The van der Waals surface area contributed by atoms with Crippen LogP contribution in [0.5, 0.6) is 0 Å². The second-order valence-electron chi connectivity index (χ2n) is 9.81. The van der Waals surface area contributed by atoms with E-state index in [-0.39, 0.29) is 0 Å². The first kappa shape index (κ1) is 32.9. The van der Waals surface area contributed by atoms with E-state index in [9.17, 15) is 55.5 Å². The maximum absolute atomic E-state index is 12.0. The molecule has 3 aliphatic rings. The molecule has 0 bridgehead atoms. The lowest BCUT2D eigenvalue weighted by molar-refractivity contribution is -0.360. The summed E-state index contributed by atoms with van der Waals surface area (Å²) < 4.78 is 27.7. The lowest BCUT2D eigenvalue weighted by Gasteiger charge is -2.49. The number of aliphatic hydroxyl groups excluding tert-OH is 9. The fourth-order valence-electron chi connectivity index (χ4n) is 4.87. The average Bonchev–Trinajstić information content (AvgIpc) is 2.90. The summed E-state index contributed by atoms with van der Waals surface area (Å²) in [4.78, 5) is 23.5. The van der Waals surface area contributed by atoms with Crippen LogP contribution in [0.25, 0.3) is 0 Å². The second kappa shape index (κ2) is 14.0. The third-order valence-corrected chi connectivity index (χ3v) is 6.90. The maximum Gasteiger partial charge on any atom is 0.217 e. The fourth-order valence-corrected chi connectivity index (χ4v) is 4.87. The summed E-state index contributed by atoms with van der Waals surface area (Å²) in [6.07, 6.45) is -21.1. The molecule has 18 nitrogen and oxygen atoms in total. The topological polar surface area (TPSA) is 286 Å². The number of carbonyl (C=O) groups is 2. The number of amides is 2. The number of carbonyl (C=O) groups excluding carboxylic acids is 2. The van der Waals surface area contributed by atoms with Crippen molar-refractivity contribution >= 4 is 11.8 Å². The normalized spacial score (nSPS) is 46.0. The molecular weight excluding hydrogens is 548 g/mol. The van der Waals surface area contributed by atoms with Crippen molar-refractivity contribution < 1.29 is 79.2 Å². The van der Waals surface area contributed by atoms with E-state index in [1.807, 2.05) is 0 Å². The van der Waals surface area contributed by atoms with E-state index in [2.05, 4.69) is 10.6 Å². The molecule has 0 aromatic heterocycles. The van der Waals surface area contributed by atoms with Crippen LogP contribution in [0, 0.1) is 0 Å². The lowest BCUT2D eigenvalue weighted by atomic mass is 9.94. The van der Waals surface area contributed by atoms with Gasteiger partial charge in [-0.2, -0.15) is 0 Å². The van der Waals surface area contributed by atoms with E-state index in [0.717, 1.165) is 13.8 Å². The second-order valence-corrected chi connectivity index (χ2v) is 9.81. The number of hydrogen-bond donors (Lipinski definition) is 11. The first-order valence-corrected chi connectivity index (χ1v) is 12.6. The summed E-state index contributed by atoms with van der Waals surface area (Å²) in [5, 5.41) is 96.5. The van der Waals surface area contributed by atoms with Crippen LogP contribution in [-0.4, -0.2) is 170 Å². The van der Waals surface area contributed by atoms with E-state index in [1.165, 1.54) is 0 Å². The van der Waals surface area contributed by atoms with Gasteiger partial charge in [0.1, 0.15) is 73.1 Å². The number of ether oxygens (including phenoxy) is 5. The van der Waals surface area contributed by atoms with Gasteiger partial charge in [-0.1, -0.05) is 0 Å². The average molecular weight is 587 g/mol. The molecule has 18 heteroatoms. The van der Waals surface area contributed by atoms with Crippen LogP contribution in [0.1, 0.15) is 13.8 Å². The quantitative estimate of drug-likeness (QED) is 0.120. The molecule has 232 valence electrons. The zero-order chi connectivity index (χ0) is 29.9. The highest BCUT2D eigenvalue weighted by Gasteiger charge is 2.54. The summed E-state index contributed by atoms with van der Waals surface area (Å²) in [6, 6.07) is -2.87. The zero-order valence-corrected chi connectivity index (χ0v) is 21.7. The molecule has 0 aromatic carbocycles. The van der Waals surface area contributed by atoms with Crippen LogP contribution in [0.4, 0.5) is 0 Å². The first-order chi connectivity index (χ1) is 18.8. The number of aliphatic hydroxyl groups is 9. The van der Waals surface area contributed by atoms with Crippen LogP contribution in [0.15, 0.2) is 0 Å². The van der Waals surface area contributed by atoms with Gasteiger partial charge in [0.25, 0.3) is 0 Å². The van der Waals surface area contributed by atoms with Gasteiger partial charge in [0, 0.05) is 13.8 Å². The zero-order valence-electron chi connectivity index (χ0n) is 21.7. The molecular formula is C22H38N2O16. The third-order valence-electron chi connectivity index (χ3n) is 6.90. The lowest BCUT2D eigenvalue weighted by Crippen LogP contribution is -2.70. The Morgan fingerprint density at radius 2 is 1.05 bits per heavy atom. The Kier molecular flexibility index (Phi) is 11.5. The highest BCUT2D eigenvalue weighted by molar-refractivity contribution is 5.73. The molecule has 11 N–H and O–H groups in total. The van der Waals surface area contributed by atoms with Gasteiger partial charge < -0.3 is 80.3 Å². The van der Waals surface area contributed by atoms with E-state index >= 15 is 0 Å². The summed E-state index contributed by atoms with van der Waals surface area (Å²) in [5.41, 5.74) is 0. The van der Waals surface area contributed by atoms with Gasteiger partial charge in [-0.3, -0.25) is 9.59 Å². The van der Waals surface area contributed by atoms with E-state index < -0.39 is 124 Å². The molecule has 2 amide bonds. The Balaban J connectivity index is 1.85. The molecule has 3 aliphatic heterocycles. The van der Waals surface area contributed by atoms with E-state index in [0.29, 0.717) is 0 Å². The van der Waals surface area contributed by atoms with Crippen molar-refractivity contribution in [1.29, 1.82) is 0 Å². The van der Waals surface area contributed by atoms with Gasteiger partial charge in [-0.05, 0) is 0 Å². The van der Waals surface area contributed by atoms with Gasteiger partial charge in [0.05, 0.1) is 19.8 Å². The van der Waals surface area contributed by atoms with E-state index in [4.69, 9.17) is 23.7 Å². The maximum atomic E-state index is 12.0. The SMILES string of the molecule is CC(=O)N[C@@H]1[C@@H](O)[C@H](O[C@@H]2O[C@H](CO)[C@@H](O[C@@H]3O[C@H](CO)[C@H](O)[C@H](O)[C@H]3O)[C@H](O)[C@H]2NC(C)=O)[C@@H](CO)O[C@H]1O. The number of rotatable bonds is 9. The number of hydrogen-bond acceptors (Lipinski definition) is 16. The molecule has 3 rings (SSSR count). The van der Waals surface area contributed by atoms with Gasteiger partial charge in [-0.15, -0.1) is 0 Å². The van der Waals surface area contributed by atoms with E-state index in [1.54, 1.807) is 0 Å². The molecule has 0 spiro atoms. The Bertz CT molecular complexity index is 852. The van der Waals surface area contributed by atoms with Crippen molar-refractivity contribution in [2.75, 3.05) is 19.8 Å². The van der Waals surface area contributed by atoms with Crippen molar-refractivity contribution in [2.45, 2.75) is 106 Å². The van der Waals surface area contributed by atoms with Crippen LogP contribution in [0.3, 0.4) is 0 Å². The molecule has 0 unspecified atom stereocenters. The molecule has 0 radical (unpaired) electrons. The van der Waals surface area contributed by atoms with Crippen molar-refractivity contribution in [1.82, 2.24) is 10.6 Å². The highest BCUT2D eigenvalue weighted by atomic mass is 16.7. The Morgan fingerprint density at radius 3 is 1.57 bits per heavy atom. The van der Waals surface area contributed by atoms with Crippen LogP contribution >= 0.6 is 0 Å². The van der Waals surface area contributed by atoms with Gasteiger partial charge in [0.15, 0.2) is 18.9 Å². The predicted octanol–water partition coefficient (Wildman–Crippen LogP) is -7.29. The highest BCUT2D eigenvalue weighted by Crippen LogP contribution is 2.32. The fraction of sp³-hybridized carbons (Fsp3) is 0.909. The van der Waals surface area contributed by atoms with Gasteiger partial charge >= 0.3 is 0 Å². The predicted molar refractivity (Wildman–Crippen MR) is 124 cm³/mol. The Hall–Kier alpha value is -1.62. The largest absolute Gasteiger partial charge is 0.394 e. The summed E-state index contributed by atoms with van der Waals surface area (Å²) in [5.74, 6) is -1.30. The van der Waals surface area contributed by atoms with Crippen molar-refractivity contribution in [3.8, 4) is 0 Å². The third kappa shape index (κ3) is 7.05. The number of nitrogens with one attached hydrogen (secondary N) is 2. The molecule has 3 saturated heterocycles. The van der Waals surface area contributed by atoms with Crippen LogP contribution in [-0.2, 0) is 33.3 Å². The van der Waals surface area contributed by atoms with Crippen LogP contribution in [0.2, 0.25) is 0 Å². The molecule has 3 heterocycles. The molecule has 0 saturated carbocycles. The molecule has 40 heavy (non-hydrogen) atoms. The minimum atomic E-state index is -1.85. The van der Waals surface area contributed by atoms with Gasteiger partial charge in [-0.25, -0.2) is 0 Å². The first-order valence-electron chi connectivity index (χ1n) is 12.6. The molecule has 3 fully saturated rings. The van der Waals surface area contributed by atoms with Gasteiger partial charge in [0.2, 0.25) is 11.8 Å². The minimum Gasteiger partial charge on any atom is -0.394 e. The Labute approximate surface area is 228 Å². The summed E-state index contributed by atoms with van der Waals surface area (Å²) >= 11 is 0. The summed E-state index contributed by atoms with van der Waals surface area (Å²) in [6.45, 7) is -0.117. The molecule has 0 aliphatic carbocycles. The van der Waals surface area contributed by atoms with Crippen molar-refractivity contribution in [3.63, 3.8) is 0 Å². The standard InChI is InChI=1S/C22H38N2O16/c1-6(28)23-11-14(31)18(9(4-26)36-20(11)35)39-21-12(24-7(2)29)15(32)19(10(5-27)38-21)40-22-17(34)16(33)13(30)8(3-25)37-22/h8-22,25-27,30-35H,3-5H2,1-2H3,(H,23,28)(H,24,29)/t8-,9-,10-,11-,12-,13+,14-,15-,16+,17-,18-,19-,20-,21+,22+/m1/s1. The monoisotopic (exact) mass is 586 g/mol. The van der Waals surface area contributed by atoms with Crippen molar-refractivity contribution in [2.24, 2.45) is 0 Å². The minimum absolute atomic E-state index is 0.623. The smallest absolute Gasteiger partial charge is 0.217 e. The summed E-state index contributed by atoms with van der Waals surface area (Å²) in [7, 11) is 0. The Morgan fingerprint density at radius 1 is 0.600 bits per heavy atom. The molecule has 0 aromatic rings. The van der Waals surface area contributed by atoms with Crippen molar-refractivity contribution in [3.05, 3.63) is 0 Å². The van der Waals surface area contributed by atoms with Crippen LogP contribution < -0.4 is 10.6 Å². The molecule has 15 atom stereocenters.